The molecule has 2 atom stereocenters. The summed E-state index contributed by atoms with van der Waals surface area (Å²) < 4.78 is 63.2. The SMILES string of the molecule is C=CC[S+]1CC(F)C(F)(F)C1(F)F.[Cl-]. The van der Waals surface area contributed by atoms with Crippen molar-refractivity contribution >= 4 is 10.9 Å². The molecule has 0 N–H and O–H groups in total. The summed E-state index contributed by atoms with van der Waals surface area (Å²) in [6.07, 6.45) is -1.61. The maximum Gasteiger partial charge on any atom is 0.476 e. The second-order valence-electron chi connectivity index (χ2n) is 2.72. The lowest BCUT2D eigenvalue weighted by Crippen LogP contribution is -3.00. The van der Waals surface area contributed by atoms with Crippen molar-refractivity contribution in [1.82, 2.24) is 0 Å². The number of hydrogen-bond donors (Lipinski definition) is 0. The van der Waals surface area contributed by atoms with Crippen LogP contribution in [0.5, 0.6) is 0 Å². The quantitative estimate of drug-likeness (QED) is 0.350. The van der Waals surface area contributed by atoms with Crippen LogP contribution in [-0.2, 0) is 10.9 Å². The topological polar surface area (TPSA) is 0 Å². The number of halogens is 6. The predicted octanol–water partition coefficient (Wildman–Crippen LogP) is -0.625. The van der Waals surface area contributed by atoms with Gasteiger partial charge in [-0.05, 0) is 6.08 Å². The van der Waals surface area contributed by atoms with E-state index in [1.54, 1.807) is 0 Å². The standard InChI is InChI=1S/C7H8F5S.ClH/c1-2-3-13-4-5(8)6(9,10)7(13,11)12;/h2,5H,1,3-4H2;1H/q+1;/p-1. The minimum atomic E-state index is -4.51. The average molecular weight is 255 g/mol. The molecule has 1 saturated heterocycles. The van der Waals surface area contributed by atoms with Gasteiger partial charge in [0, 0.05) is 0 Å². The first-order valence-corrected chi connectivity index (χ1v) is 5.08. The molecule has 1 aliphatic rings. The molecule has 84 valence electrons. The monoisotopic (exact) mass is 254 g/mol. The third-order valence-corrected chi connectivity index (χ3v) is 4.14. The van der Waals surface area contributed by atoms with E-state index in [0.717, 1.165) is 6.08 Å². The van der Waals surface area contributed by atoms with Gasteiger partial charge in [0.15, 0.2) is 5.75 Å². The molecule has 0 spiro atoms. The maximum absolute atomic E-state index is 12.8. The smallest absolute Gasteiger partial charge is 0.476 e. The van der Waals surface area contributed by atoms with Crippen molar-refractivity contribution in [2.45, 2.75) is 17.3 Å². The summed E-state index contributed by atoms with van der Waals surface area (Å²) in [5, 5.41) is -4.22. The molecule has 0 nitrogen and oxygen atoms in total. The molecule has 1 rings (SSSR count). The van der Waals surface area contributed by atoms with Crippen LogP contribution in [0.3, 0.4) is 0 Å². The van der Waals surface area contributed by atoms with E-state index in [-0.39, 0.29) is 18.2 Å². The molecule has 1 heterocycles. The normalized spacial score (nSPS) is 33.5. The van der Waals surface area contributed by atoms with Gasteiger partial charge >= 0.3 is 11.2 Å². The highest BCUT2D eigenvalue weighted by atomic mass is 35.5. The Kier molecular flexibility index (Phi) is 4.27. The first kappa shape index (κ1) is 14.0. The molecule has 7 heteroatoms. The molecular formula is C7H8ClF5S. The zero-order valence-electron chi connectivity index (χ0n) is 6.95. The Hall–Kier alpha value is 0.0300. The highest BCUT2D eigenvalue weighted by Crippen LogP contribution is 2.49. The lowest BCUT2D eigenvalue weighted by atomic mass is 10.2. The fourth-order valence-electron chi connectivity index (χ4n) is 1.08. The van der Waals surface area contributed by atoms with Crippen molar-refractivity contribution < 1.29 is 34.4 Å². The Morgan fingerprint density at radius 2 is 1.86 bits per heavy atom. The summed E-state index contributed by atoms with van der Waals surface area (Å²) in [5.74, 6) is -5.55. The molecule has 1 fully saturated rings. The molecule has 1 aliphatic heterocycles. The Bertz CT molecular complexity index is 220. The average Bonchev–Trinajstić information content (AvgIpc) is 2.14. The maximum atomic E-state index is 12.8. The number of rotatable bonds is 2. The largest absolute Gasteiger partial charge is 1.00 e. The van der Waals surface area contributed by atoms with Gasteiger partial charge in [-0.3, -0.25) is 0 Å². The van der Waals surface area contributed by atoms with E-state index in [9.17, 15) is 22.0 Å². The van der Waals surface area contributed by atoms with E-state index in [2.05, 4.69) is 6.58 Å². The van der Waals surface area contributed by atoms with Crippen molar-refractivity contribution in [3.8, 4) is 0 Å². The van der Waals surface area contributed by atoms with Crippen molar-refractivity contribution in [1.29, 1.82) is 0 Å². The Morgan fingerprint density at radius 1 is 1.36 bits per heavy atom. The van der Waals surface area contributed by atoms with E-state index in [0.29, 0.717) is 0 Å². The van der Waals surface area contributed by atoms with Gasteiger partial charge in [-0.25, -0.2) is 4.39 Å². The second kappa shape index (κ2) is 4.26. The Morgan fingerprint density at radius 3 is 2.14 bits per heavy atom. The van der Waals surface area contributed by atoms with E-state index in [1.807, 2.05) is 0 Å². The summed E-state index contributed by atoms with van der Waals surface area (Å²) in [6, 6.07) is 0. The van der Waals surface area contributed by atoms with Gasteiger partial charge in [0.05, 0.1) is 10.9 Å². The number of alkyl halides is 5. The summed E-state index contributed by atoms with van der Waals surface area (Å²) in [6.45, 7) is 3.17. The molecule has 0 aromatic carbocycles. The fraction of sp³-hybridized carbons (Fsp3) is 0.714. The molecule has 0 bridgehead atoms. The number of hydrogen-bond acceptors (Lipinski definition) is 0. The van der Waals surface area contributed by atoms with Crippen molar-refractivity contribution in [3.63, 3.8) is 0 Å². The van der Waals surface area contributed by atoms with Crippen LogP contribution in [0.1, 0.15) is 0 Å². The highest BCUT2D eigenvalue weighted by molar-refractivity contribution is 7.98. The van der Waals surface area contributed by atoms with Crippen molar-refractivity contribution in [2.75, 3.05) is 11.5 Å². The zero-order chi connectivity index (χ0) is 10.3. The van der Waals surface area contributed by atoms with E-state index >= 15 is 0 Å². The fourth-order valence-corrected chi connectivity index (χ4v) is 2.99. The van der Waals surface area contributed by atoms with Crippen LogP contribution in [0, 0.1) is 0 Å². The zero-order valence-corrected chi connectivity index (χ0v) is 8.52. The lowest BCUT2D eigenvalue weighted by molar-refractivity contribution is -0.175. The van der Waals surface area contributed by atoms with Crippen molar-refractivity contribution in [2.24, 2.45) is 0 Å². The first-order chi connectivity index (χ1) is 5.84. The van der Waals surface area contributed by atoms with Crippen LogP contribution in [-0.4, -0.2) is 28.9 Å². The molecule has 0 radical (unpaired) electrons. The summed E-state index contributed by atoms with van der Waals surface area (Å²) in [4.78, 5) is 0. The molecule has 0 amide bonds. The first-order valence-electron chi connectivity index (χ1n) is 3.52. The van der Waals surface area contributed by atoms with Gasteiger partial charge in [-0.2, -0.15) is 8.78 Å². The van der Waals surface area contributed by atoms with Crippen LogP contribution in [0.2, 0.25) is 0 Å². The molecule has 14 heavy (non-hydrogen) atoms. The summed E-state index contributed by atoms with van der Waals surface area (Å²) >= 11 is 0. The molecule has 0 saturated carbocycles. The van der Waals surface area contributed by atoms with Crippen LogP contribution < -0.4 is 12.4 Å². The molecular weight excluding hydrogens is 247 g/mol. The van der Waals surface area contributed by atoms with Gasteiger partial charge in [0.2, 0.25) is 6.17 Å². The predicted molar refractivity (Wildman–Crippen MR) is 42.1 cm³/mol. The van der Waals surface area contributed by atoms with E-state index < -0.39 is 34.0 Å². The molecule has 2 unspecified atom stereocenters. The molecule has 0 aromatic rings. The van der Waals surface area contributed by atoms with Crippen LogP contribution in [0.15, 0.2) is 12.7 Å². The third kappa shape index (κ3) is 1.86. The van der Waals surface area contributed by atoms with Crippen molar-refractivity contribution in [3.05, 3.63) is 12.7 Å². The second-order valence-corrected chi connectivity index (χ2v) is 4.89. The van der Waals surface area contributed by atoms with Crippen LogP contribution in [0.25, 0.3) is 0 Å². The van der Waals surface area contributed by atoms with E-state index in [4.69, 9.17) is 0 Å². The molecule has 0 aromatic heterocycles. The van der Waals surface area contributed by atoms with Gasteiger partial charge in [-0.15, -0.1) is 8.78 Å². The summed E-state index contributed by atoms with van der Waals surface area (Å²) in [5.41, 5.74) is 0. The Balaban J connectivity index is 0.00000169. The van der Waals surface area contributed by atoms with E-state index in [1.165, 1.54) is 0 Å². The lowest BCUT2D eigenvalue weighted by Gasteiger charge is -2.15. The van der Waals surface area contributed by atoms with Crippen LogP contribution >= 0.6 is 0 Å². The van der Waals surface area contributed by atoms with Gasteiger partial charge < -0.3 is 12.4 Å². The minimum absolute atomic E-state index is 0. The Labute approximate surface area is 87.3 Å². The highest BCUT2D eigenvalue weighted by Gasteiger charge is 2.79. The third-order valence-electron chi connectivity index (χ3n) is 1.81. The molecule has 0 aliphatic carbocycles. The summed E-state index contributed by atoms with van der Waals surface area (Å²) in [7, 11) is -1.91. The van der Waals surface area contributed by atoms with Gasteiger partial charge in [-0.1, -0.05) is 6.58 Å². The van der Waals surface area contributed by atoms with Gasteiger partial charge in [0.1, 0.15) is 5.75 Å². The van der Waals surface area contributed by atoms with Gasteiger partial charge in [0.25, 0.3) is 0 Å². The minimum Gasteiger partial charge on any atom is -1.00 e. The van der Waals surface area contributed by atoms with Crippen LogP contribution in [0.4, 0.5) is 22.0 Å².